The molecule has 0 spiro atoms. The molecule has 0 aliphatic carbocycles. The smallest absolute Gasteiger partial charge is 0.187 e. The molecule has 142 valence electrons. The number of benzene rings is 2. The minimum absolute atomic E-state index is 0.216. The molecule has 0 saturated heterocycles. The highest BCUT2D eigenvalue weighted by atomic mass is 32.1. The lowest BCUT2D eigenvalue weighted by Crippen LogP contribution is -1.98. The maximum Gasteiger partial charge on any atom is 0.187 e. The van der Waals surface area contributed by atoms with E-state index < -0.39 is 0 Å². The lowest BCUT2D eigenvalue weighted by atomic mass is 10.2. The molecule has 0 amide bonds. The predicted octanol–water partition coefficient (Wildman–Crippen LogP) is 6.09. The molecular formula is C23H17FN4S. The number of nitrogens with one attached hydrogen (secondary N) is 1. The number of fused-ring (bicyclic) bond motifs is 1. The third-order valence-corrected chi connectivity index (χ3v) is 5.51. The van der Waals surface area contributed by atoms with Crippen molar-refractivity contribution in [3.05, 3.63) is 96.0 Å². The summed E-state index contributed by atoms with van der Waals surface area (Å²) in [7, 11) is 0. The molecule has 2 aromatic carbocycles. The number of rotatable bonds is 5. The summed E-state index contributed by atoms with van der Waals surface area (Å²) in [6.07, 6.45) is 5.63. The van der Waals surface area contributed by atoms with Gasteiger partial charge in [0, 0.05) is 41.8 Å². The third kappa shape index (κ3) is 3.75. The molecule has 5 rings (SSSR count). The molecule has 6 heteroatoms. The van der Waals surface area contributed by atoms with E-state index in [1.54, 1.807) is 17.5 Å². The molecule has 0 saturated carbocycles. The maximum atomic E-state index is 13.2. The lowest BCUT2D eigenvalue weighted by molar-refractivity contribution is 0.626. The van der Waals surface area contributed by atoms with Gasteiger partial charge >= 0.3 is 0 Å². The van der Waals surface area contributed by atoms with E-state index in [1.807, 2.05) is 35.8 Å². The van der Waals surface area contributed by atoms with E-state index in [1.165, 1.54) is 12.1 Å². The third-order valence-electron chi connectivity index (χ3n) is 4.75. The van der Waals surface area contributed by atoms with Gasteiger partial charge in [0.05, 0.1) is 11.2 Å². The highest BCUT2D eigenvalue weighted by molar-refractivity contribution is 7.14. The first-order valence-electron chi connectivity index (χ1n) is 9.21. The SMILES string of the molecule is Fc1ccc(Cn2ccc3ccc(Nc4nc(-c5cccnc5)cs4)cc32)cc1. The molecule has 0 unspecified atom stereocenters. The standard InChI is InChI=1S/C23H17FN4S/c24-19-6-3-16(4-7-19)14-28-11-9-17-5-8-20(12-22(17)28)26-23-27-21(15-29-23)18-2-1-10-25-13-18/h1-13,15H,14H2,(H,26,27). The molecule has 29 heavy (non-hydrogen) atoms. The monoisotopic (exact) mass is 400 g/mol. The van der Waals surface area contributed by atoms with Crippen LogP contribution in [0.25, 0.3) is 22.2 Å². The highest BCUT2D eigenvalue weighted by Crippen LogP contribution is 2.28. The highest BCUT2D eigenvalue weighted by Gasteiger charge is 2.07. The fourth-order valence-electron chi connectivity index (χ4n) is 3.29. The summed E-state index contributed by atoms with van der Waals surface area (Å²) in [4.78, 5) is 8.82. The van der Waals surface area contributed by atoms with Crippen LogP contribution in [0.2, 0.25) is 0 Å². The molecule has 3 aromatic heterocycles. The van der Waals surface area contributed by atoms with Crippen LogP contribution < -0.4 is 5.32 Å². The Bertz CT molecular complexity index is 1260. The van der Waals surface area contributed by atoms with Gasteiger partial charge in [0.1, 0.15) is 5.82 Å². The average molecular weight is 400 g/mol. The number of pyridine rings is 1. The van der Waals surface area contributed by atoms with Crippen molar-refractivity contribution in [2.45, 2.75) is 6.54 Å². The van der Waals surface area contributed by atoms with Gasteiger partial charge in [0.2, 0.25) is 0 Å². The van der Waals surface area contributed by atoms with Crippen molar-refractivity contribution in [3.8, 4) is 11.3 Å². The number of hydrogen-bond donors (Lipinski definition) is 1. The number of halogens is 1. The van der Waals surface area contributed by atoms with Crippen LogP contribution in [0.4, 0.5) is 15.2 Å². The molecule has 3 heterocycles. The van der Waals surface area contributed by atoms with Crippen molar-refractivity contribution < 1.29 is 4.39 Å². The molecule has 0 aliphatic heterocycles. The van der Waals surface area contributed by atoms with Gasteiger partial charge in [-0.25, -0.2) is 9.37 Å². The summed E-state index contributed by atoms with van der Waals surface area (Å²) in [6.45, 7) is 0.690. The zero-order valence-electron chi connectivity index (χ0n) is 15.4. The molecule has 0 fully saturated rings. The van der Waals surface area contributed by atoms with Crippen LogP contribution in [0.5, 0.6) is 0 Å². The van der Waals surface area contributed by atoms with Gasteiger partial charge in [-0.2, -0.15) is 0 Å². The minimum Gasteiger partial charge on any atom is -0.343 e. The Labute approximate surface area is 171 Å². The second kappa shape index (κ2) is 7.48. The summed E-state index contributed by atoms with van der Waals surface area (Å²) < 4.78 is 15.3. The van der Waals surface area contributed by atoms with Crippen LogP contribution in [0, 0.1) is 5.82 Å². The van der Waals surface area contributed by atoms with E-state index >= 15 is 0 Å². The number of hydrogen-bond acceptors (Lipinski definition) is 4. The van der Waals surface area contributed by atoms with Gasteiger partial charge in [-0.3, -0.25) is 4.98 Å². The molecule has 1 N–H and O–H groups in total. The van der Waals surface area contributed by atoms with E-state index in [0.29, 0.717) is 6.54 Å². The fraction of sp³-hybridized carbons (Fsp3) is 0.0435. The first-order valence-corrected chi connectivity index (χ1v) is 10.1. The number of aromatic nitrogens is 3. The van der Waals surface area contributed by atoms with Crippen molar-refractivity contribution >= 4 is 33.1 Å². The zero-order chi connectivity index (χ0) is 19.6. The fourth-order valence-corrected chi connectivity index (χ4v) is 4.03. The van der Waals surface area contributed by atoms with Gasteiger partial charge in [0.15, 0.2) is 5.13 Å². The van der Waals surface area contributed by atoms with Crippen LogP contribution in [0.1, 0.15) is 5.56 Å². The Hall–Kier alpha value is -3.51. The Morgan fingerprint density at radius 2 is 1.93 bits per heavy atom. The Morgan fingerprint density at radius 1 is 1.03 bits per heavy atom. The van der Waals surface area contributed by atoms with E-state index in [9.17, 15) is 4.39 Å². The van der Waals surface area contributed by atoms with Crippen LogP contribution >= 0.6 is 11.3 Å². The topological polar surface area (TPSA) is 42.7 Å². The summed E-state index contributed by atoms with van der Waals surface area (Å²) in [5.74, 6) is -0.216. The molecule has 0 aliphatic rings. The Morgan fingerprint density at radius 3 is 2.76 bits per heavy atom. The van der Waals surface area contributed by atoms with Crippen molar-refractivity contribution in [2.24, 2.45) is 0 Å². The van der Waals surface area contributed by atoms with E-state index in [0.717, 1.165) is 38.5 Å². The molecule has 0 bridgehead atoms. The Balaban J connectivity index is 1.40. The van der Waals surface area contributed by atoms with Gasteiger partial charge in [-0.05, 0) is 53.4 Å². The number of thiazole rings is 1. The van der Waals surface area contributed by atoms with E-state index in [4.69, 9.17) is 0 Å². The van der Waals surface area contributed by atoms with Crippen molar-refractivity contribution in [1.82, 2.24) is 14.5 Å². The number of nitrogens with zero attached hydrogens (tertiary/aromatic N) is 3. The van der Waals surface area contributed by atoms with Crippen LogP contribution in [0.3, 0.4) is 0 Å². The lowest BCUT2D eigenvalue weighted by Gasteiger charge is -2.08. The van der Waals surface area contributed by atoms with Crippen LogP contribution in [-0.2, 0) is 6.54 Å². The second-order valence-corrected chi connectivity index (χ2v) is 7.61. The predicted molar refractivity (Wildman–Crippen MR) is 116 cm³/mol. The second-order valence-electron chi connectivity index (χ2n) is 6.75. The summed E-state index contributed by atoms with van der Waals surface area (Å²) in [5, 5.41) is 7.41. The quantitative estimate of drug-likeness (QED) is 0.388. The molecule has 5 aromatic rings. The van der Waals surface area contributed by atoms with Gasteiger partial charge in [0.25, 0.3) is 0 Å². The first-order chi connectivity index (χ1) is 14.2. The van der Waals surface area contributed by atoms with E-state index in [-0.39, 0.29) is 5.82 Å². The number of anilines is 2. The molecule has 0 atom stereocenters. The maximum absolute atomic E-state index is 13.2. The molecule has 0 radical (unpaired) electrons. The zero-order valence-corrected chi connectivity index (χ0v) is 16.2. The van der Waals surface area contributed by atoms with Gasteiger partial charge in [-0.1, -0.05) is 18.2 Å². The van der Waals surface area contributed by atoms with Crippen molar-refractivity contribution in [1.29, 1.82) is 0 Å². The first kappa shape index (κ1) is 17.6. The van der Waals surface area contributed by atoms with E-state index in [2.05, 4.69) is 50.3 Å². The van der Waals surface area contributed by atoms with Crippen LogP contribution in [0.15, 0.2) is 84.6 Å². The molecular weight excluding hydrogens is 383 g/mol. The largest absolute Gasteiger partial charge is 0.343 e. The Kier molecular flexibility index (Phi) is 4.54. The van der Waals surface area contributed by atoms with Crippen molar-refractivity contribution in [3.63, 3.8) is 0 Å². The van der Waals surface area contributed by atoms with Gasteiger partial charge < -0.3 is 9.88 Å². The van der Waals surface area contributed by atoms with Crippen molar-refractivity contribution in [2.75, 3.05) is 5.32 Å². The average Bonchev–Trinajstić information content (AvgIpc) is 3.38. The van der Waals surface area contributed by atoms with Gasteiger partial charge in [-0.15, -0.1) is 11.3 Å². The summed E-state index contributed by atoms with van der Waals surface area (Å²) in [6, 6.07) is 18.9. The summed E-state index contributed by atoms with van der Waals surface area (Å²) in [5.41, 5.74) is 5.06. The van der Waals surface area contributed by atoms with Crippen LogP contribution in [-0.4, -0.2) is 14.5 Å². The minimum atomic E-state index is -0.216. The summed E-state index contributed by atoms with van der Waals surface area (Å²) >= 11 is 1.56. The normalized spacial score (nSPS) is 11.1. The molecule has 4 nitrogen and oxygen atoms in total.